The monoisotopic (exact) mass is 361 g/mol. The number of nitrogens with one attached hydrogen (secondary N) is 1. The molecule has 0 unspecified atom stereocenters. The lowest BCUT2D eigenvalue weighted by Gasteiger charge is -2.16. The van der Waals surface area contributed by atoms with Crippen LogP contribution in [0.25, 0.3) is 10.9 Å². The van der Waals surface area contributed by atoms with Gasteiger partial charge in [0.15, 0.2) is 0 Å². The number of para-hydroxylation sites is 1. The third-order valence-electron chi connectivity index (χ3n) is 4.18. The molecule has 0 aliphatic carbocycles. The molecule has 2 aromatic rings. The minimum absolute atomic E-state index is 0.00125. The number of amides is 1. The topological polar surface area (TPSA) is 54.3 Å². The number of fused-ring (bicyclic) bond motifs is 1. The second-order valence-electron chi connectivity index (χ2n) is 6.22. The van der Waals surface area contributed by atoms with Crippen molar-refractivity contribution in [1.29, 1.82) is 0 Å². The molecular weight excluding hydrogens is 334 g/mol. The summed E-state index contributed by atoms with van der Waals surface area (Å²) in [7, 11) is 3.84. The predicted octanol–water partition coefficient (Wildman–Crippen LogP) is 2.48. The van der Waals surface area contributed by atoms with Crippen molar-refractivity contribution < 1.29 is 4.79 Å². The summed E-state index contributed by atoms with van der Waals surface area (Å²) in [5, 5.41) is 3.95. The number of likely N-dealkylation sites (N-methyl/N-ethyl adjacent to an activating group) is 1. The number of hydrogen-bond donors (Lipinski definition) is 1. The number of unbranched alkanes of at least 4 members (excludes halogenated alkanes) is 1. The Balaban J connectivity index is 1.89. The second-order valence-corrected chi connectivity index (χ2v) is 7.24. The zero-order chi connectivity index (χ0) is 18.2. The van der Waals surface area contributed by atoms with Crippen LogP contribution in [0.5, 0.6) is 0 Å². The van der Waals surface area contributed by atoms with Gasteiger partial charge in [-0.15, -0.1) is 11.8 Å². The van der Waals surface area contributed by atoms with Crippen molar-refractivity contribution in [2.24, 2.45) is 7.05 Å². The highest BCUT2D eigenvalue weighted by Crippen LogP contribution is 2.25. The molecule has 1 aromatic heterocycles. The van der Waals surface area contributed by atoms with Gasteiger partial charge in [0.05, 0.1) is 11.3 Å². The van der Waals surface area contributed by atoms with Crippen LogP contribution in [0.1, 0.15) is 19.8 Å². The first-order valence-corrected chi connectivity index (χ1v) is 9.68. The Morgan fingerprint density at radius 3 is 2.80 bits per heavy atom. The highest BCUT2D eigenvalue weighted by Gasteiger charge is 2.09. The predicted molar refractivity (Wildman–Crippen MR) is 105 cm³/mol. The molecule has 0 aliphatic rings. The summed E-state index contributed by atoms with van der Waals surface area (Å²) in [5.74, 6) is 0.314. The van der Waals surface area contributed by atoms with Crippen LogP contribution in [0.4, 0.5) is 0 Å². The zero-order valence-electron chi connectivity index (χ0n) is 15.2. The maximum atomic E-state index is 12.1. The van der Waals surface area contributed by atoms with Gasteiger partial charge in [0, 0.05) is 36.5 Å². The fourth-order valence-corrected chi connectivity index (χ4v) is 3.52. The third-order valence-corrected chi connectivity index (χ3v) is 5.24. The lowest BCUT2D eigenvalue weighted by Crippen LogP contribution is -2.34. The van der Waals surface area contributed by atoms with Crippen LogP contribution in [0.3, 0.4) is 0 Å². The molecule has 6 heteroatoms. The Bertz CT molecular complexity index is 773. The van der Waals surface area contributed by atoms with Gasteiger partial charge in [-0.05, 0) is 26.1 Å². The fourth-order valence-electron chi connectivity index (χ4n) is 2.62. The first-order valence-electron chi connectivity index (χ1n) is 8.69. The molecule has 0 radical (unpaired) electrons. The van der Waals surface area contributed by atoms with Crippen molar-refractivity contribution in [2.45, 2.75) is 24.7 Å². The minimum Gasteiger partial charge on any atom is -0.354 e. The summed E-state index contributed by atoms with van der Waals surface area (Å²) in [6.07, 6.45) is 2.36. The van der Waals surface area contributed by atoms with Crippen molar-refractivity contribution in [1.82, 2.24) is 14.8 Å². The number of thioether (sulfide) groups is 1. The maximum Gasteiger partial charge on any atom is 0.251 e. The van der Waals surface area contributed by atoms with Gasteiger partial charge in [-0.2, -0.15) is 0 Å². The summed E-state index contributed by atoms with van der Waals surface area (Å²) in [5.41, 5.74) is 0.828. The van der Waals surface area contributed by atoms with E-state index in [0.717, 1.165) is 28.9 Å². The van der Waals surface area contributed by atoms with Crippen LogP contribution in [-0.2, 0) is 11.8 Å². The Morgan fingerprint density at radius 1 is 1.28 bits per heavy atom. The van der Waals surface area contributed by atoms with Crippen molar-refractivity contribution in [3.8, 4) is 0 Å². The molecule has 5 nitrogen and oxygen atoms in total. The number of aryl methyl sites for hydroxylation is 1. The molecule has 2 rings (SSSR count). The van der Waals surface area contributed by atoms with Crippen molar-refractivity contribution in [3.63, 3.8) is 0 Å². The van der Waals surface area contributed by atoms with E-state index >= 15 is 0 Å². The standard InChI is InChI=1S/C19H27N3O2S/c1-4-5-11-21(2)12-10-20-18(23)14-25-17-13-19(24)22(3)16-9-7-6-8-15(16)17/h6-9,13H,4-5,10-12,14H2,1-3H3,(H,20,23). The van der Waals surface area contributed by atoms with E-state index in [1.165, 1.54) is 24.6 Å². The number of hydrogen-bond acceptors (Lipinski definition) is 4. The minimum atomic E-state index is -0.0563. The number of aromatic nitrogens is 1. The van der Waals surface area contributed by atoms with Crippen LogP contribution >= 0.6 is 11.8 Å². The lowest BCUT2D eigenvalue weighted by atomic mass is 10.2. The van der Waals surface area contributed by atoms with E-state index < -0.39 is 0 Å². The van der Waals surface area contributed by atoms with Gasteiger partial charge in [-0.25, -0.2) is 0 Å². The van der Waals surface area contributed by atoms with Crippen molar-refractivity contribution in [3.05, 3.63) is 40.7 Å². The van der Waals surface area contributed by atoms with Crippen LogP contribution in [0.2, 0.25) is 0 Å². The highest BCUT2D eigenvalue weighted by atomic mass is 32.2. The molecule has 1 N–H and O–H groups in total. The first-order chi connectivity index (χ1) is 12.0. The van der Waals surface area contributed by atoms with Crippen LogP contribution in [0, 0.1) is 0 Å². The fraction of sp³-hybridized carbons (Fsp3) is 0.474. The molecule has 0 saturated heterocycles. The van der Waals surface area contributed by atoms with Gasteiger partial charge in [0.2, 0.25) is 5.91 Å². The average molecular weight is 362 g/mol. The van der Waals surface area contributed by atoms with Gasteiger partial charge in [-0.1, -0.05) is 31.5 Å². The van der Waals surface area contributed by atoms with Crippen LogP contribution < -0.4 is 10.9 Å². The summed E-state index contributed by atoms with van der Waals surface area (Å²) in [4.78, 5) is 27.2. The van der Waals surface area contributed by atoms with Gasteiger partial charge in [0.1, 0.15) is 0 Å². The molecule has 0 aliphatic heterocycles. The molecule has 136 valence electrons. The summed E-state index contributed by atoms with van der Waals surface area (Å²) in [6, 6.07) is 9.38. The molecule has 25 heavy (non-hydrogen) atoms. The summed E-state index contributed by atoms with van der Waals surface area (Å²) >= 11 is 1.41. The van der Waals surface area contributed by atoms with Crippen molar-refractivity contribution >= 4 is 28.6 Å². The SMILES string of the molecule is CCCCN(C)CCNC(=O)CSc1cc(=O)n(C)c2ccccc12. The third kappa shape index (κ3) is 5.61. The number of carbonyl (C=O) groups is 1. The maximum absolute atomic E-state index is 12.1. The number of rotatable bonds is 9. The molecule has 0 atom stereocenters. The largest absolute Gasteiger partial charge is 0.354 e. The lowest BCUT2D eigenvalue weighted by molar-refractivity contribution is -0.118. The Hall–Kier alpha value is -1.79. The second kappa shape index (κ2) is 9.63. The zero-order valence-corrected chi connectivity index (χ0v) is 16.1. The Labute approximate surface area is 153 Å². The molecule has 0 saturated carbocycles. The summed E-state index contributed by atoms with van der Waals surface area (Å²) < 4.78 is 1.63. The summed E-state index contributed by atoms with van der Waals surface area (Å²) in [6.45, 7) is 4.73. The Morgan fingerprint density at radius 2 is 2.04 bits per heavy atom. The molecule has 1 amide bonds. The molecule has 0 spiro atoms. The van der Waals surface area contributed by atoms with Gasteiger partial charge in [-0.3, -0.25) is 9.59 Å². The Kier molecular flexibility index (Phi) is 7.52. The van der Waals surface area contributed by atoms with E-state index in [9.17, 15) is 9.59 Å². The normalized spacial score (nSPS) is 11.2. The number of nitrogens with zero attached hydrogens (tertiary/aromatic N) is 2. The number of pyridine rings is 1. The number of carbonyl (C=O) groups excluding carboxylic acids is 1. The van der Waals surface area contributed by atoms with E-state index in [-0.39, 0.29) is 11.5 Å². The van der Waals surface area contributed by atoms with E-state index in [1.807, 2.05) is 24.3 Å². The quantitative estimate of drug-likeness (QED) is 0.697. The molecule has 1 heterocycles. The van der Waals surface area contributed by atoms with Gasteiger partial charge in [0.25, 0.3) is 5.56 Å². The van der Waals surface area contributed by atoms with Gasteiger partial charge >= 0.3 is 0 Å². The van der Waals surface area contributed by atoms with Crippen molar-refractivity contribution in [2.75, 3.05) is 32.4 Å². The van der Waals surface area contributed by atoms with E-state index in [4.69, 9.17) is 0 Å². The number of benzene rings is 1. The van der Waals surface area contributed by atoms with Gasteiger partial charge < -0.3 is 14.8 Å². The molecule has 1 aromatic carbocycles. The first kappa shape index (κ1) is 19.5. The van der Waals surface area contributed by atoms with E-state index in [1.54, 1.807) is 17.7 Å². The van der Waals surface area contributed by atoms with E-state index in [2.05, 4.69) is 24.2 Å². The molecule has 0 bridgehead atoms. The molecule has 0 fully saturated rings. The van der Waals surface area contributed by atoms with Crippen LogP contribution in [0.15, 0.2) is 40.0 Å². The van der Waals surface area contributed by atoms with Crippen LogP contribution in [-0.4, -0.2) is 47.8 Å². The average Bonchev–Trinajstić information content (AvgIpc) is 2.62. The molecular formula is C19H27N3O2S. The smallest absolute Gasteiger partial charge is 0.251 e. The highest BCUT2D eigenvalue weighted by molar-refractivity contribution is 8.00. The van der Waals surface area contributed by atoms with E-state index in [0.29, 0.717) is 12.3 Å².